The fourth-order valence-corrected chi connectivity index (χ4v) is 2.66. The van der Waals surface area contributed by atoms with Gasteiger partial charge in [-0.05, 0) is 30.5 Å². The monoisotopic (exact) mass is 350 g/mol. The second-order valence-corrected chi connectivity index (χ2v) is 5.81. The molecule has 3 rings (SSSR count). The largest absolute Gasteiger partial charge is 0.352 e. The zero-order valence-electron chi connectivity index (χ0n) is 14.0. The number of rotatable bonds is 7. The predicted molar refractivity (Wildman–Crippen MR) is 97.8 cm³/mol. The molecule has 0 radical (unpaired) electrons. The normalized spacial score (nSPS) is 10.5. The molecule has 0 aliphatic heterocycles. The summed E-state index contributed by atoms with van der Waals surface area (Å²) < 4.78 is 0. The molecule has 0 unspecified atom stereocenters. The smallest absolute Gasteiger partial charge is 0.269 e. The Labute approximate surface area is 150 Å². The van der Waals surface area contributed by atoms with Gasteiger partial charge in [0.2, 0.25) is 0 Å². The van der Waals surface area contributed by atoms with Crippen LogP contribution in [0.3, 0.4) is 0 Å². The van der Waals surface area contributed by atoms with Gasteiger partial charge in [0.15, 0.2) is 0 Å². The Kier molecular flexibility index (Phi) is 5.38. The maximum atomic E-state index is 12.4. The number of benzene rings is 2. The fourth-order valence-electron chi connectivity index (χ4n) is 2.66. The van der Waals surface area contributed by atoms with Crippen LogP contribution in [-0.2, 0) is 6.42 Å². The first kappa shape index (κ1) is 17.3. The molecular formula is C19H18N4O3. The molecule has 0 atom stereocenters. The molecule has 132 valence electrons. The first-order chi connectivity index (χ1) is 12.6. The Bertz CT molecular complexity index is 889. The van der Waals surface area contributed by atoms with Gasteiger partial charge in [-0.25, -0.2) is 0 Å². The van der Waals surface area contributed by atoms with Crippen LogP contribution in [0.1, 0.15) is 22.3 Å². The summed E-state index contributed by atoms with van der Waals surface area (Å²) in [6, 6.07) is 16.1. The number of aromatic nitrogens is 2. The number of nitrogens with zero attached hydrogens (tertiary/aromatic N) is 2. The lowest BCUT2D eigenvalue weighted by Crippen LogP contribution is -2.24. The molecule has 0 saturated carbocycles. The van der Waals surface area contributed by atoms with Crippen LogP contribution in [0.25, 0.3) is 11.3 Å². The zero-order valence-corrected chi connectivity index (χ0v) is 14.0. The summed E-state index contributed by atoms with van der Waals surface area (Å²) in [5.41, 5.74) is 2.86. The SMILES string of the molecule is O=C(NCCCc1ccccc1)c1cn[nH]c1-c1ccc([N+](=O)[O-])cc1. The number of H-pyrrole nitrogens is 1. The van der Waals surface area contributed by atoms with Gasteiger partial charge in [-0.15, -0.1) is 0 Å². The quantitative estimate of drug-likeness (QED) is 0.387. The van der Waals surface area contributed by atoms with Crippen molar-refractivity contribution >= 4 is 11.6 Å². The van der Waals surface area contributed by atoms with Gasteiger partial charge >= 0.3 is 0 Å². The highest BCUT2D eigenvalue weighted by atomic mass is 16.6. The summed E-state index contributed by atoms with van der Waals surface area (Å²) in [5.74, 6) is -0.222. The van der Waals surface area contributed by atoms with E-state index in [4.69, 9.17) is 0 Å². The van der Waals surface area contributed by atoms with Crippen molar-refractivity contribution in [2.45, 2.75) is 12.8 Å². The Morgan fingerprint density at radius 3 is 2.54 bits per heavy atom. The van der Waals surface area contributed by atoms with Crippen molar-refractivity contribution in [1.29, 1.82) is 0 Å². The number of hydrogen-bond donors (Lipinski definition) is 2. The van der Waals surface area contributed by atoms with E-state index in [2.05, 4.69) is 27.6 Å². The number of nitrogens with one attached hydrogen (secondary N) is 2. The summed E-state index contributed by atoms with van der Waals surface area (Å²) in [6.07, 6.45) is 3.19. The number of carbonyl (C=O) groups excluding carboxylic acids is 1. The summed E-state index contributed by atoms with van der Waals surface area (Å²) >= 11 is 0. The van der Waals surface area contributed by atoms with Crippen molar-refractivity contribution in [2.75, 3.05) is 6.54 Å². The predicted octanol–water partition coefficient (Wildman–Crippen LogP) is 3.35. The summed E-state index contributed by atoms with van der Waals surface area (Å²) in [7, 11) is 0. The lowest BCUT2D eigenvalue weighted by molar-refractivity contribution is -0.384. The third kappa shape index (κ3) is 4.13. The van der Waals surface area contributed by atoms with E-state index < -0.39 is 4.92 Å². The van der Waals surface area contributed by atoms with Crippen molar-refractivity contribution in [3.63, 3.8) is 0 Å². The van der Waals surface area contributed by atoms with Gasteiger partial charge in [0, 0.05) is 24.2 Å². The highest BCUT2D eigenvalue weighted by Gasteiger charge is 2.15. The van der Waals surface area contributed by atoms with Crippen LogP contribution in [-0.4, -0.2) is 27.6 Å². The summed E-state index contributed by atoms with van der Waals surface area (Å²) in [4.78, 5) is 22.7. The van der Waals surface area contributed by atoms with Crippen LogP contribution in [0.5, 0.6) is 0 Å². The highest BCUT2D eigenvalue weighted by molar-refractivity contribution is 5.99. The molecule has 0 aliphatic carbocycles. The Balaban J connectivity index is 1.60. The third-order valence-corrected chi connectivity index (χ3v) is 4.02. The fraction of sp³-hybridized carbons (Fsp3) is 0.158. The van der Waals surface area contributed by atoms with Crippen LogP contribution >= 0.6 is 0 Å². The second-order valence-electron chi connectivity index (χ2n) is 5.81. The van der Waals surface area contributed by atoms with Crippen LogP contribution in [0.2, 0.25) is 0 Å². The van der Waals surface area contributed by atoms with Gasteiger partial charge in [0.25, 0.3) is 11.6 Å². The number of nitro benzene ring substituents is 1. The first-order valence-corrected chi connectivity index (χ1v) is 8.25. The third-order valence-electron chi connectivity index (χ3n) is 4.02. The lowest BCUT2D eigenvalue weighted by atomic mass is 10.1. The van der Waals surface area contributed by atoms with Gasteiger partial charge in [-0.3, -0.25) is 20.0 Å². The van der Waals surface area contributed by atoms with E-state index in [0.717, 1.165) is 12.8 Å². The first-order valence-electron chi connectivity index (χ1n) is 8.25. The molecule has 1 amide bonds. The van der Waals surface area contributed by atoms with E-state index >= 15 is 0 Å². The second kappa shape index (κ2) is 8.06. The minimum atomic E-state index is -0.461. The van der Waals surface area contributed by atoms with Gasteiger partial charge in [0.1, 0.15) is 0 Å². The topological polar surface area (TPSA) is 101 Å². The molecule has 0 spiro atoms. The summed E-state index contributed by atoms with van der Waals surface area (Å²) in [5, 5.41) is 20.4. The summed E-state index contributed by atoms with van der Waals surface area (Å²) in [6.45, 7) is 0.554. The van der Waals surface area contributed by atoms with Crippen molar-refractivity contribution in [3.05, 3.63) is 82.0 Å². The lowest BCUT2D eigenvalue weighted by Gasteiger charge is -2.06. The minimum Gasteiger partial charge on any atom is -0.352 e. The highest BCUT2D eigenvalue weighted by Crippen LogP contribution is 2.23. The van der Waals surface area contributed by atoms with Crippen molar-refractivity contribution in [2.24, 2.45) is 0 Å². The molecule has 7 nitrogen and oxygen atoms in total. The Hall–Kier alpha value is -3.48. The number of amides is 1. The van der Waals surface area contributed by atoms with Gasteiger partial charge in [-0.2, -0.15) is 5.10 Å². The Morgan fingerprint density at radius 2 is 1.85 bits per heavy atom. The van der Waals surface area contributed by atoms with Gasteiger partial charge in [-0.1, -0.05) is 30.3 Å². The number of aryl methyl sites for hydroxylation is 1. The molecule has 1 heterocycles. The number of carbonyl (C=O) groups is 1. The molecule has 3 aromatic rings. The molecule has 2 aromatic carbocycles. The van der Waals surface area contributed by atoms with E-state index in [0.29, 0.717) is 23.4 Å². The molecule has 0 saturated heterocycles. The molecule has 2 N–H and O–H groups in total. The Morgan fingerprint density at radius 1 is 1.12 bits per heavy atom. The van der Waals surface area contributed by atoms with Crippen LogP contribution in [0.15, 0.2) is 60.8 Å². The number of non-ortho nitro benzene ring substituents is 1. The van der Waals surface area contributed by atoms with E-state index in [1.807, 2.05) is 18.2 Å². The van der Waals surface area contributed by atoms with Crippen LogP contribution in [0.4, 0.5) is 5.69 Å². The molecule has 1 aromatic heterocycles. The van der Waals surface area contributed by atoms with Crippen LogP contribution in [0, 0.1) is 10.1 Å². The van der Waals surface area contributed by atoms with E-state index in [1.165, 1.54) is 23.9 Å². The molecule has 26 heavy (non-hydrogen) atoms. The zero-order chi connectivity index (χ0) is 18.4. The molecule has 0 fully saturated rings. The van der Waals surface area contributed by atoms with Crippen molar-refractivity contribution in [1.82, 2.24) is 15.5 Å². The molecule has 7 heteroatoms. The van der Waals surface area contributed by atoms with Gasteiger partial charge in [0.05, 0.1) is 22.4 Å². The molecular weight excluding hydrogens is 332 g/mol. The van der Waals surface area contributed by atoms with Crippen molar-refractivity contribution in [3.8, 4) is 11.3 Å². The molecule has 0 aliphatic rings. The number of hydrogen-bond acceptors (Lipinski definition) is 4. The van der Waals surface area contributed by atoms with Crippen molar-refractivity contribution < 1.29 is 9.72 Å². The number of aromatic amines is 1. The average Bonchev–Trinajstić information content (AvgIpc) is 3.16. The average molecular weight is 350 g/mol. The number of nitro groups is 1. The maximum Gasteiger partial charge on any atom is 0.269 e. The molecule has 0 bridgehead atoms. The van der Waals surface area contributed by atoms with Gasteiger partial charge < -0.3 is 5.32 Å². The van der Waals surface area contributed by atoms with E-state index in [9.17, 15) is 14.9 Å². The van der Waals surface area contributed by atoms with E-state index in [1.54, 1.807) is 12.1 Å². The van der Waals surface area contributed by atoms with E-state index in [-0.39, 0.29) is 11.6 Å². The maximum absolute atomic E-state index is 12.4. The standard InChI is InChI=1S/C19H18N4O3/c24-19(20-12-4-7-14-5-2-1-3-6-14)17-13-21-22-18(17)15-8-10-16(11-9-15)23(25)26/h1-3,5-6,8-11,13H,4,7,12H2,(H,20,24)(H,21,22). The minimum absolute atomic E-state index is 0.000166. The van der Waals surface area contributed by atoms with Crippen LogP contribution < -0.4 is 5.32 Å².